The minimum atomic E-state index is 0.380. The van der Waals surface area contributed by atoms with E-state index < -0.39 is 0 Å². The van der Waals surface area contributed by atoms with Gasteiger partial charge in [-0.05, 0) is 48.1 Å². The number of aryl methyl sites for hydroxylation is 1. The maximum absolute atomic E-state index is 6.15. The molecule has 2 rings (SSSR count). The molecule has 0 bridgehead atoms. The van der Waals surface area contributed by atoms with Gasteiger partial charge in [0.1, 0.15) is 0 Å². The summed E-state index contributed by atoms with van der Waals surface area (Å²) in [6.45, 7) is 0. The fourth-order valence-electron chi connectivity index (χ4n) is 2.18. The molecule has 1 unspecified atom stereocenters. The second-order valence-corrected chi connectivity index (χ2v) is 6.78. The Hall–Kier alpha value is 0.01000. The molecule has 1 atom stereocenters. The molecule has 1 aromatic heterocycles. The van der Waals surface area contributed by atoms with E-state index in [-0.39, 0.29) is 0 Å². The van der Waals surface area contributed by atoms with Crippen molar-refractivity contribution in [2.45, 2.75) is 49.8 Å². The first-order valence-corrected chi connectivity index (χ1v) is 8.22. The number of thiophene rings is 1. The molecule has 1 fully saturated rings. The lowest BCUT2D eigenvalue weighted by Gasteiger charge is -2.14. The van der Waals surface area contributed by atoms with Gasteiger partial charge in [-0.1, -0.05) is 12.8 Å². The van der Waals surface area contributed by atoms with Crippen LogP contribution < -0.4 is 5.73 Å². The van der Waals surface area contributed by atoms with E-state index in [1.165, 1.54) is 31.2 Å². The van der Waals surface area contributed by atoms with E-state index in [1.54, 1.807) is 11.3 Å². The Morgan fingerprint density at radius 2 is 2.25 bits per heavy atom. The summed E-state index contributed by atoms with van der Waals surface area (Å²) < 4.78 is 0. The van der Waals surface area contributed by atoms with Gasteiger partial charge in [-0.15, -0.1) is 0 Å². The zero-order valence-electron chi connectivity index (χ0n) is 9.73. The molecule has 1 aliphatic carbocycles. The first-order chi connectivity index (χ1) is 7.84. The Morgan fingerprint density at radius 3 is 2.94 bits per heavy atom. The van der Waals surface area contributed by atoms with E-state index in [2.05, 4.69) is 28.6 Å². The number of hydrogen-bond acceptors (Lipinski definition) is 3. The van der Waals surface area contributed by atoms with Gasteiger partial charge in [0.15, 0.2) is 0 Å². The molecule has 0 aliphatic heterocycles. The maximum atomic E-state index is 6.15. The molecule has 0 spiro atoms. The van der Waals surface area contributed by atoms with Gasteiger partial charge in [0, 0.05) is 17.0 Å². The van der Waals surface area contributed by atoms with E-state index in [4.69, 9.17) is 5.73 Å². The third-order valence-electron chi connectivity index (χ3n) is 3.23. The van der Waals surface area contributed by atoms with Crippen LogP contribution in [-0.2, 0) is 6.42 Å². The van der Waals surface area contributed by atoms with Crippen molar-refractivity contribution >= 4 is 23.1 Å². The van der Waals surface area contributed by atoms with Crippen LogP contribution in [-0.4, -0.2) is 17.0 Å². The number of nitrogens with two attached hydrogens (primary N) is 1. The Balaban J connectivity index is 1.58. The second kappa shape index (κ2) is 6.67. The molecule has 1 nitrogen and oxygen atoms in total. The third-order valence-corrected chi connectivity index (χ3v) is 5.53. The van der Waals surface area contributed by atoms with E-state index in [0.29, 0.717) is 6.04 Å². The van der Waals surface area contributed by atoms with Crippen molar-refractivity contribution in [2.75, 3.05) is 5.75 Å². The maximum Gasteiger partial charge on any atom is 0.0133 e. The molecule has 1 saturated carbocycles. The van der Waals surface area contributed by atoms with Crippen molar-refractivity contribution in [2.24, 2.45) is 5.73 Å². The summed E-state index contributed by atoms with van der Waals surface area (Å²) >= 11 is 3.89. The highest BCUT2D eigenvalue weighted by atomic mass is 32.2. The van der Waals surface area contributed by atoms with Gasteiger partial charge in [0.25, 0.3) is 0 Å². The largest absolute Gasteiger partial charge is 0.327 e. The molecule has 0 saturated heterocycles. The highest BCUT2D eigenvalue weighted by Gasteiger charge is 2.16. The fourth-order valence-corrected chi connectivity index (χ4v) is 4.24. The smallest absolute Gasteiger partial charge is 0.0133 e. The summed E-state index contributed by atoms with van der Waals surface area (Å²) in [7, 11) is 0. The van der Waals surface area contributed by atoms with Crippen molar-refractivity contribution in [3.63, 3.8) is 0 Å². The van der Waals surface area contributed by atoms with Gasteiger partial charge in [-0.3, -0.25) is 0 Å². The Labute approximate surface area is 107 Å². The molecule has 0 radical (unpaired) electrons. The summed E-state index contributed by atoms with van der Waals surface area (Å²) in [5.41, 5.74) is 7.60. The molecule has 2 N–H and O–H groups in total. The van der Waals surface area contributed by atoms with Gasteiger partial charge >= 0.3 is 0 Å². The first-order valence-electron chi connectivity index (χ1n) is 6.23. The number of rotatable bonds is 6. The summed E-state index contributed by atoms with van der Waals surface area (Å²) in [6, 6.07) is 2.59. The zero-order chi connectivity index (χ0) is 11.2. The van der Waals surface area contributed by atoms with Gasteiger partial charge in [-0.2, -0.15) is 23.1 Å². The standard InChI is InChI=1S/C13H21NS2/c14-12(6-5-11-7-8-15-9-11)10-16-13-3-1-2-4-13/h7-9,12-13H,1-6,10,14H2. The van der Waals surface area contributed by atoms with Crippen LogP contribution in [0.5, 0.6) is 0 Å². The molecule has 0 aromatic carbocycles. The van der Waals surface area contributed by atoms with Crippen molar-refractivity contribution in [3.05, 3.63) is 22.4 Å². The van der Waals surface area contributed by atoms with Crippen LogP contribution in [0.2, 0.25) is 0 Å². The summed E-state index contributed by atoms with van der Waals surface area (Å²) in [4.78, 5) is 0. The first kappa shape index (κ1) is 12.5. The molecule has 1 aliphatic rings. The van der Waals surface area contributed by atoms with Crippen LogP contribution in [0, 0.1) is 0 Å². The summed E-state index contributed by atoms with van der Waals surface area (Å²) in [6.07, 6.45) is 7.99. The van der Waals surface area contributed by atoms with Crippen molar-refractivity contribution in [1.82, 2.24) is 0 Å². The van der Waals surface area contributed by atoms with Crippen molar-refractivity contribution in [1.29, 1.82) is 0 Å². The predicted molar refractivity (Wildman–Crippen MR) is 75.3 cm³/mol. The van der Waals surface area contributed by atoms with E-state index in [9.17, 15) is 0 Å². The molecule has 0 amide bonds. The zero-order valence-corrected chi connectivity index (χ0v) is 11.4. The molecular formula is C13H21NS2. The normalized spacial score (nSPS) is 19.1. The molecule has 1 aromatic rings. The van der Waals surface area contributed by atoms with Gasteiger partial charge in [0.2, 0.25) is 0 Å². The van der Waals surface area contributed by atoms with Crippen LogP contribution in [0.3, 0.4) is 0 Å². The minimum absolute atomic E-state index is 0.380. The lowest BCUT2D eigenvalue weighted by atomic mass is 10.1. The summed E-state index contributed by atoms with van der Waals surface area (Å²) in [5.74, 6) is 1.15. The van der Waals surface area contributed by atoms with Crippen LogP contribution in [0.1, 0.15) is 37.7 Å². The SMILES string of the molecule is NC(CCc1ccsc1)CSC1CCCC1. The van der Waals surface area contributed by atoms with Gasteiger partial charge < -0.3 is 5.73 Å². The second-order valence-electron chi connectivity index (χ2n) is 4.67. The lowest BCUT2D eigenvalue weighted by Crippen LogP contribution is -2.24. The van der Waals surface area contributed by atoms with E-state index >= 15 is 0 Å². The van der Waals surface area contributed by atoms with Crippen molar-refractivity contribution in [3.8, 4) is 0 Å². The molecule has 1 heterocycles. The van der Waals surface area contributed by atoms with Crippen LogP contribution in [0.25, 0.3) is 0 Å². The Morgan fingerprint density at radius 1 is 1.44 bits per heavy atom. The molecule has 3 heteroatoms. The quantitative estimate of drug-likeness (QED) is 0.839. The topological polar surface area (TPSA) is 26.0 Å². The molecule has 90 valence electrons. The number of hydrogen-bond donors (Lipinski definition) is 1. The third kappa shape index (κ3) is 4.11. The van der Waals surface area contributed by atoms with Crippen LogP contribution in [0.15, 0.2) is 16.8 Å². The number of thioether (sulfide) groups is 1. The minimum Gasteiger partial charge on any atom is -0.327 e. The molecule has 16 heavy (non-hydrogen) atoms. The van der Waals surface area contributed by atoms with E-state index in [0.717, 1.165) is 23.8 Å². The Bertz CT molecular complexity index is 278. The monoisotopic (exact) mass is 255 g/mol. The molecular weight excluding hydrogens is 234 g/mol. The van der Waals surface area contributed by atoms with Crippen molar-refractivity contribution < 1.29 is 0 Å². The van der Waals surface area contributed by atoms with Crippen LogP contribution in [0.4, 0.5) is 0 Å². The average Bonchev–Trinajstić information content (AvgIpc) is 2.96. The highest BCUT2D eigenvalue weighted by Crippen LogP contribution is 2.29. The highest BCUT2D eigenvalue weighted by molar-refractivity contribution is 7.99. The lowest BCUT2D eigenvalue weighted by molar-refractivity contribution is 0.673. The average molecular weight is 255 g/mol. The van der Waals surface area contributed by atoms with Gasteiger partial charge in [0.05, 0.1) is 0 Å². The predicted octanol–water partition coefficient (Wildman–Crippen LogP) is 3.68. The van der Waals surface area contributed by atoms with E-state index in [1.807, 2.05) is 0 Å². The van der Waals surface area contributed by atoms with Crippen LogP contribution >= 0.6 is 23.1 Å². The fraction of sp³-hybridized carbons (Fsp3) is 0.692. The van der Waals surface area contributed by atoms with Gasteiger partial charge in [-0.25, -0.2) is 0 Å². The Kier molecular flexibility index (Phi) is 5.20. The summed E-state index contributed by atoms with van der Waals surface area (Å²) in [5, 5.41) is 5.29.